The largest absolute Gasteiger partial charge is 0.508 e. The molecule has 0 radical (unpaired) electrons. The van der Waals surface area contributed by atoms with Crippen LogP contribution in [-0.4, -0.2) is 35.5 Å². The number of carbonyl (C=O) groups excluding carboxylic acids is 1. The maximum Gasteiger partial charge on any atom is 0.303 e. The van der Waals surface area contributed by atoms with E-state index in [-0.39, 0.29) is 23.1 Å². The highest BCUT2D eigenvalue weighted by Gasteiger charge is 2.29. The number of carbonyl (C=O) groups is 1. The zero-order chi connectivity index (χ0) is 13.4. The molecule has 0 atom stereocenters. The molecule has 0 aromatic heterocycles. The van der Waals surface area contributed by atoms with E-state index in [9.17, 15) is 9.90 Å². The Morgan fingerprint density at radius 2 is 2.05 bits per heavy atom. The number of phenolic OH excluding ortho intramolecular Hbond substituents is 1. The summed E-state index contributed by atoms with van der Waals surface area (Å²) < 4.78 is 5.14. The van der Waals surface area contributed by atoms with E-state index in [0.717, 1.165) is 0 Å². The van der Waals surface area contributed by atoms with Crippen molar-refractivity contribution in [1.29, 1.82) is 0 Å². The van der Waals surface area contributed by atoms with Crippen LogP contribution in [-0.2, 0) is 4.79 Å². The molecular weight excluding hydrogens is 250 g/mol. The van der Waals surface area contributed by atoms with Gasteiger partial charge in [-0.1, -0.05) is 0 Å². The smallest absolute Gasteiger partial charge is 0.303 e. The molecule has 1 aromatic rings. The SMILES string of the molecule is COc1ccc(O)cc1C1=NC(=O)C2=NN=NC2=N1. The van der Waals surface area contributed by atoms with Crippen LogP contribution >= 0.6 is 0 Å². The predicted molar refractivity (Wildman–Crippen MR) is 65.9 cm³/mol. The third-order valence-corrected chi connectivity index (χ3v) is 2.54. The summed E-state index contributed by atoms with van der Waals surface area (Å²) in [6, 6.07) is 4.42. The minimum Gasteiger partial charge on any atom is -0.508 e. The molecule has 0 bridgehead atoms. The molecule has 94 valence electrons. The van der Waals surface area contributed by atoms with E-state index in [2.05, 4.69) is 25.4 Å². The Balaban J connectivity index is 2.13. The van der Waals surface area contributed by atoms with Crippen molar-refractivity contribution in [3.05, 3.63) is 23.8 Å². The maximum atomic E-state index is 11.7. The topological polar surface area (TPSA) is 108 Å². The van der Waals surface area contributed by atoms with Crippen molar-refractivity contribution >= 4 is 23.3 Å². The molecule has 0 spiro atoms. The van der Waals surface area contributed by atoms with Gasteiger partial charge in [0, 0.05) is 0 Å². The van der Waals surface area contributed by atoms with Crippen LogP contribution in [0.15, 0.2) is 43.6 Å². The highest BCUT2D eigenvalue weighted by molar-refractivity contribution is 6.69. The summed E-state index contributed by atoms with van der Waals surface area (Å²) in [5.41, 5.74) is 0.410. The zero-order valence-electron chi connectivity index (χ0n) is 9.73. The lowest BCUT2D eigenvalue weighted by atomic mass is 10.1. The number of fused-ring (bicyclic) bond motifs is 1. The molecule has 1 N–H and O–H groups in total. The lowest BCUT2D eigenvalue weighted by molar-refractivity contribution is -0.111. The van der Waals surface area contributed by atoms with Crippen LogP contribution in [0.5, 0.6) is 11.5 Å². The summed E-state index contributed by atoms with van der Waals surface area (Å²) in [4.78, 5) is 19.6. The Kier molecular flexibility index (Phi) is 2.41. The number of nitrogens with zero attached hydrogens (tertiary/aromatic N) is 5. The first-order chi connectivity index (χ1) is 9.19. The van der Waals surface area contributed by atoms with Crippen LogP contribution in [0.3, 0.4) is 0 Å². The summed E-state index contributed by atoms with van der Waals surface area (Å²) >= 11 is 0. The molecule has 1 aromatic carbocycles. The van der Waals surface area contributed by atoms with Gasteiger partial charge in [0.15, 0.2) is 5.84 Å². The minimum absolute atomic E-state index is 0.0126. The van der Waals surface area contributed by atoms with Gasteiger partial charge in [-0.25, -0.2) is 4.99 Å². The highest BCUT2D eigenvalue weighted by Crippen LogP contribution is 2.25. The number of aromatic hydroxyl groups is 1. The Labute approximate surface area is 106 Å². The molecule has 0 saturated carbocycles. The molecule has 0 fully saturated rings. The zero-order valence-corrected chi connectivity index (χ0v) is 9.73. The Morgan fingerprint density at radius 3 is 2.84 bits per heavy atom. The van der Waals surface area contributed by atoms with Crippen molar-refractivity contribution in [3.8, 4) is 11.5 Å². The maximum absolute atomic E-state index is 11.7. The van der Waals surface area contributed by atoms with Crippen molar-refractivity contribution < 1.29 is 14.6 Å². The number of aliphatic imine (C=N–C) groups is 2. The summed E-state index contributed by atoms with van der Waals surface area (Å²) in [5.74, 6) is 0.0889. The van der Waals surface area contributed by atoms with E-state index < -0.39 is 5.91 Å². The van der Waals surface area contributed by atoms with Crippen LogP contribution in [0.25, 0.3) is 0 Å². The summed E-state index contributed by atoms with van der Waals surface area (Å²) in [6.07, 6.45) is 0. The molecule has 2 aliphatic rings. The standard InChI is InChI=1S/C11H7N5O3/c1-19-7-3-2-5(17)4-6(7)9-12-10-8(11(18)13-9)14-16-15-10/h2-4,17H,1H3. The van der Waals surface area contributed by atoms with Crippen molar-refractivity contribution in [1.82, 2.24) is 0 Å². The van der Waals surface area contributed by atoms with E-state index in [4.69, 9.17) is 4.74 Å². The molecule has 8 heteroatoms. The number of phenols is 1. The van der Waals surface area contributed by atoms with Crippen molar-refractivity contribution in [2.75, 3.05) is 7.11 Å². The van der Waals surface area contributed by atoms with Gasteiger partial charge in [0.25, 0.3) is 0 Å². The summed E-state index contributed by atoms with van der Waals surface area (Å²) in [6.45, 7) is 0. The fourth-order valence-corrected chi connectivity index (χ4v) is 1.68. The number of methoxy groups -OCH3 is 1. The second kappa shape index (κ2) is 4.09. The number of benzene rings is 1. The van der Waals surface area contributed by atoms with Gasteiger partial charge in [-0.2, -0.15) is 4.99 Å². The number of hydrogen-bond acceptors (Lipinski definition) is 7. The average molecular weight is 257 g/mol. The first kappa shape index (κ1) is 11.2. The van der Waals surface area contributed by atoms with E-state index >= 15 is 0 Å². The highest BCUT2D eigenvalue weighted by atomic mass is 16.5. The normalized spacial score (nSPS) is 16.7. The van der Waals surface area contributed by atoms with Gasteiger partial charge in [0.1, 0.15) is 11.5 Å². The summed E-state index contributed by atoms with van der Waals surface area (Å²) in [7, 11) is 1.47. The van der Waals surface area contributed by atoms with Crippen LogP contribution in [0.4, 0.5) is 0 Å². The third kappa shape index (κ3) is 1.79. The lowest BCUT2D eigenvalue weighted by Crippen LogP contribution is -2.26. The van der Waals surface area contributed by atoms with Gasteiger partial charge in [-0.3, -0.25) is 4.79 Å². The van der Waals surface area contributed by atoms with Gasteiger partial charge >= 0.3 is 5.91 Å². The monoisotopic (exact) mass is 257 g/mol. The van der Waals surface area contributed by atoms with E-state index in [1.54, 1.807) is 6.07 Å². The fraction of sp³-hybridized carbons (Fsp3) is 0.0909. The molecule has 2 aliphatic heterocycles. The first-order valence-electron chi connectivity index (χ1n) is 5.27. The van der Waals surface area contributed by atoms with E-state index in [1.807, 2.05) is 0 Å². The molecule has 3 rings (SSSR count). The number of rotatable bonds is 2. The minimum atomic E-state index is -0.574. The Bertz CT molecular complexity index is 702. The van der Waals surface area contributed by atoms with Gasteiger partial charge in [0.2, 0.25) is 11.5 Å². The molecule has 19 heavy (non-hydrogen) atoms. The summed E-state index contributed by atoms with van der Waals surface area (Å²) in [5, 5.41) is 20.0. The van der Waals surface area contributed by atoms with E-state index in [0.29, 0.717) is 11.3 Å². The molecule has 0 aliphatic carbocycles. The second-order valence-electron chi connectivity index (χ2n) is 3.70. The van der Waals surface area contributed by atoms with Crippen LogP contribution in [0.1, 0.15) is 5.56 Å². The van der Waals surface area contributed by atoms with Crippen LogP contribution in [0, 0.1) is 0 Å². The van der Waals surface area contributed by atoms with Crippen molar-refractivity contribution in [2.24, 2.45) is 25.4 Å². The average Bonchev–Trinajstić information content (AvgIpc) is 2.87. The van der Waals surface area contributed by atoms with Gasteiger partial charge in [-0.15, -0.1) is 10.2 Å². The number of amides is 1. The van der Waals surface area contributed by atoms with Gasteiger partial charge in [-0.05, 0) is 23.4 Å². The quantitative estimate of drug-likeness (QED) is 0.850. The molecule has 0 saturated heterocycles. The van der Waals surface area contributed by atoms with E-state index in [1.165, 1.54) is 19.2 Å². The number of amidine groups is 2. The second-order valence-corrected chi connectivity index (χ2v) is 3.70. The van der Waals surface area contributed by atoms with Crippen LogP contribution in [0.2, 0.25) is 0 Å². The third-order valence-electron chi connectivity index (χ3n) is 2.54. The molecular formula is C11H7N5O3. The van der Waals surface area contributed by atoms with Crippen LogP contribution < -0.4 is 4.74 Å². The Morgan fingerprint density at radius 1 is 1.21 bits per heavy atom. The Hall–Kier alpha value is -2.90. The number of hydrogen-bond donors (Lipinski definition) is 1. The predicted octanol–water partition coefficient (Wildman–Crippen LogP) is 0.908. The fourth-order valence-electron chi connectivity index (χ4n) is 1.68. The lowest BCUT2D eigenvalue weighted by Gasteiger charge is -2.10. The van der Waals surface area contributed by atoms with Gasteiger partial charge < -0.3 is 9.84 Å². The van der Waals surface area contributed by atoms with Crippen molar-refractivity contribution in [2.45, 2.75) is 0 Å². The number of ether oxygens (including phenoxy) is 1. The first-order valence-corrected chi connectivity index (χ1v) is 5.27. The van der Waals surface area contributed by atoms with Gasteiger partial charge in [0.05, 0.1) is 12.7 Å². The molecule has 1 amide bonds. The molecule has 8 nitrogen and oxygen atoms in total. The molecule has 2 heterocycles. The molecule has 0 unspecified atom stereocenters. The van der Waals surface area contributed by atoms with Crippen molar-refractivity contribution in [3.63, 3.8) is 0 Å².